The summed E-state index contributed by atoms with van der Waals surface area (Å²) >= 11 is 0. The highest BCUT2D eigenvalue weighted by molar-refractivity contribution is 5.97. The molecule has 2 heterocycles. The van der Waals surface area contributed by atoms with Crippen molar-refractivity contribution in [2.24, 2.45) is 5.10 Å². The number of nitrogens with zero attached hydrogens (tertiary/aromatic N) is 2. The topological polar surface area (TPSA) is 95.1 Å². The van der Waals surface area contributed by atoms with E-state index < -0.39 is 5.91 Å². The number of carbonyl (C=O) groups excluding carboxylic acids is 2. The number of fused-ring (bicyclic) bond motifs is 1. The van der Waals surface area contributed by atoms with Crippen molar-refractivity contribution in [3.05, 3.63) is 82.9 Å². The molecule has 4 rings (SSSR count). The molecule has 0 saturated heterocycles. The van der Waals surface area contributed by atoms with Gasteiger partial charge in [0.2, 0.25) is 0 Å². The van der Waals surface area contributed by atoms with Gasteiger partial charge in [0.1, 0.15) is 0 Å². The number of aromatic nitrogens is 1. The van der Waals surface area contributed by atoms with Crippen molar-refractivity contribution in [2.75, 3.05) is 13.7 Å². The first-order chi connectivity index (χ1) is 16.4. The number of nitrogens with one attached hydrogen (secondary N) is 1. The van der Waals surface area contributed by atoms with Crippen LogP contribution in [0.4, 0.5) is 0 Å². The number of ether oxygens (including phenoxy) is 2. The maximum Gasteiger partial charge on any atom is 0.338 e. The highest BCUT2D eigenvalue weighted by Crippen LogP contribution is 2.28. The first-order valence-electron chi connectivity index (χ1n) is 10.8. The smallest absolute Gasteiger partial charge is 0.338 e. The molecule has 1 amide bonds. The van der Waals surface area contributed by atoms with E-state index in [9.17, 15) is 9.59 Å². The van der Waals surface area contributed by atoms with Crippen molar-refractivity contribution >= 4 is 29.1 Å². The summed E-state index contributed by atoms with van der Waals surface area (Å²) in [5, 5.41) is 4.87. The Labute approximate surface area is 196 Å². The van der Waals surface area contributed by atoms with Gasteiger partial charge in [-0.2, -0.15) is 5.10 Å². The Kier molecular flexibility index (Phi) is 6.49. The van der Waals surface area contributed by atoms with Crippen molar-refractivity contribution in [1.82, 2.24) is 9.99 Å². The van der Waals surface area contributed by atoms with Gasteiger partial charge in [0.25, 0.3) is 0 Å². The van der Waals surface area contributed by atoms with Crippen LogP contribution >= 0.6 is 0 Å². The van der Waals surface area contributed by atoms with Gasteiger partial charge in [-0.15, -0.1) is 0 Å². The predicted octanol–water partition coefficient (Wildman–Crippen LogP) is 4.79. The molecule has 0 unspecified atom stereocenters. The van der Waals surface area contributed by atoms with E-state index in [1.807, 2.05) is 48.7 Å². The number of aryl methyl sites for hydroxylation is 1. The first-order valence-corrected chi connectivity index (χ1v) is 10.8. The van der Waals surface area contributed by atoms with E-state index in [0.717, 1.165) is 28.0 Å². The van der Waals surface area contributed by atoms with Crippen molar-refractivity contribution in [1.29, 1.82) is 0 Å². The van der Waals surface area contributed by atoms with E-state index in [-0.39, 0.29) is 11.7 Å². The lowest BCUT2D eigenvalue weighted by Gasteiger charge is -2.11. The van der Waals surface area contributed by atoms with E-state index in [0.29, 0.717) is 23.5 Å². The molecule has 0 fully saturated rings. The number of hydrazone groups is 1. The van der Waals surface area contributed by atoms with Crippen LogP contribution in [0.15, 0.2) is 64.1 Å². The lowest BCUT2D eigenvalue weighted by atomic mass is 10.2. The van der Waals surface area contributed by atoms with Gasteiger partial charge in [0.15, 0.2) is 17.1 Å². The molecule has 0 aliphatic rings. The van der Waals surface area contributed by atoms with Gasteiger partial charge in [0.05, 0.1) is 25.5 Å². The molecule has 0 aliphatic carbocycles. The fourth-order valence-electron chi connectivity index (χ4n) is 3.83. The van der Waals surface area contributed by atoms with Crippen molar-refractivity contribution in [2.45, 2.75) is 20.8 Å². The van der Waals surface area contributed by atoms with Gasteiger partial charge in [-0.25, -0.2) is 10.2 Å². The van der Waals surface area contributed by atoms with Crippen molar-refractivity contribution in [3.63, 3.8) is 0 Å². The number of para-hydroxylation sites is 1. The summed E-state index contributed by atoms with van der Waals surface area (Å²) in [5.74, 6) is -0.137. The second-order valence-electron chi connectivity index (χ2n) is 7.62. The largest absolute Gasteiger partial charge is 0.493 e. The number of rotatable bonds is 7. The average Bonchev–Trinajstić information content (AvgIpc) is 3.39. The van der Waals surface area contributed by atoms with Crippen LogP contribution in [-0.2, 0) is 4.74 Å². The van der Waals surface area contributed by atoms with Gasteiger partial charge in [-0.3, -0.25) is 4.79 Å². The molecular weight excluding hydrogens is 434 g/mol. The predicted molar refractivity (Wildman–Crippen MR) is 129 cm³/mol. The molecule has 0 saturated carbocycles. The minimum atomic E-state index is -0.467. The molecule has 1 N–H and O–H groups in total. The summed E-state index contributed by atoms with van der Waals surface area (Å²) in [6, 6.07) is 16.3. The molecule has 4 aromatic rings. The molecule has 0 radical (unpaired) electrons. The fourth-order valence-corrected chi connectivity index (χ4v) is 3.83. The molecule has 8 heteroatoms. The number of benzene rings is 2. The number of hydrogen-bond donors (Lipinski definition) is 1. The SMILES string of the molecule is CCOC(=O)c1cccc(-n2c(C)cc(/C=N\NC(=O)c3cc4cccc(OC)c4o3)c2C)c1. The summed E-state index contributed by atoms with van der Waals surface area (Å²) in [6.07, 6.45) is 1.58. The molecule has 0 spiro atoms. The quantitative estimate of drug-likeness (QED) is 0.244. The third-order valence-corrected chi connectivity index (χ3v) is 5.41. The van der Waals surface area contributed by atoms with Crippen LogP contribution < -0.4 is 10.2 Å². The first kappa shape index (κ1) is 22.8. The minimum Gasteiger partial charge on any atom is -0.493 e. The number of hydrogen-bond acceptors (Lipinski definition) is 6. The van der Waals surface area contributed by atoms with Crippen LogP contribution in [0.25, 0.3) is 16.7 Å². The Hall–Kier alpha value is -4.33. The Morgan fingerprint density at radius 2 is 1.91 bits per heavy atom. The second kappa shape index (κ2) is 9.66. The number of furan rings is 1. The molecule has 0 bridgehead atoms. The zero-order valence-corrected chi connectivity index (χ0v) is 19.4. The van der Waals surface area contributed by atoms with Crippen LogP contribution in [0.2, 0.25) is 0 Å². The van der Waals surface area contributed by atoms with Crippen LogP contribution in [0.5, 0.6) is 5.75 Å². The molecule has 0 atom stereocenters. The Morgan fingerprint density at radius 3 is 2.68 bits per heavy atom. The van der Waals surface area contributed by atoms with E-state index in [2.05, 4.69) is 10.5 Å². The van der Waals surface area contributed by atoms with Gasteiger partial charge in [-0.1, -0.05) is 18.2 Å². The van der Waals surface area contributed by atoms with Gasteiger partial charge in [-0.05, 0) is 57.2 Å². The summed E-state index contributed by atoms with van der Waals surface area (Å²) in [7, 11) is 1.55. The maximum atomic E-state index is 12.5. The molecule has 0 aliphatic heterocycles. The molecule has 8 nitrogen and oxygen atoms in total. The summed E-state index contributed by atoms with van der Waals surface area (Å²) < 4.78 is 18.0. The van der Waals surface area contributed by atoms with Gasteiger partial charge >= 0.3 is 11.9 Å². The number of methoxy groups -OCH3 is 1. The van der Waals surface area contributed by atoms with E-state index in [1.54, 1.807) is 44.5 Å². The van der Waals surface area contributed by atoms with Gasteiger partial charge < -0.3 is 18.5 Å². The molecular formula is C26H25N3O5. The number of esters is 1. The zero-order valence-electron chi connectivity index (χ0n) is 19.4. The molecule has 2 aromatic heterocycles. The lowest BCUT2D eigenvalue weighted by molar-refractivity contribution is 0.0526. The molecule has 34 heavy (non-hydrogen) atoms. The summed E-state index contributed by atoms with van der Waals surface area (Å²) in [6.45, 7) is 6.00. The van der Waals surface area contributed by atoms with Crippen LogP contribution in [0.1, 0.15) is 44.8 Å². The standard InChI is InChI=1S/C26H25N3O5/c1-5-33-26(31)19-9-6-10-21(13-19)29-16(2)12-20(17(29)3)15-27-28-25(30)23-14-18-8-7-11-22(32-4)24(18)34-23/h6-15H,5H2,1-4H3,(H,28,30)/b27-15-. The average molecular weight is 460 g/mol. The van der Waals surface area contributed by atoms with Crippen LogP contribution in [0.3, 0.4) is 0 Å². The monoisotopic (exact) mass is 459 g/mol. The van der Waals surface area contributed by atoms with Crippen LogP contribution in [0, 0.1) is 13.8 Å². The van der Waals surface area contributed by atoms with E-state index >= 15 is 0 Å². The number of carbonyl (C=O) groups is 2. The second-order valence-corrected chi connectivity index (χ2v) is 7.62. The Morgan fingerprint density at radius 1 is 1.12 bits per heavy atom. The number of amides is 1. The van der Waals surface area contributed by atoms with E-state index in [4.69, 9.17) is 13.9 Å². The van der Waals surface area contributed by atoms with Crippen molar-refractivity contribution in [3.8, 4) is 11.4 Å². The maximum absolute atomic E-state index is 12.5. The molecule has 174 valence electrons. The summed E-state index contributed by atoms with van der Waals surface area (Å²) in [5.41, 5.74) is 7.02. The Balaban J connectivity index is 1.53. The normalized spacial score (nSPS) is 11.2. The van der Waals surface area contributed by atoms with Crippen molar-refractivity contribution < 1.29 is 23.5 Å². The zero-order chi connectivity index (χ0) is 24.2. The fraction of sp³-hybridized carbons (Fsp3) is 0.192. The third kappa shape index (κ3) is 4.43. The Bertz CT molecular complexity index is 1400. The third-order valence-electron chi connectivity index (χ3n) is 5.41. The van der Waals surface area contributed by atoms with Gasteiger partial charge in [0, 0.05) is 28.0 Å². The summed E-state index contributed by atoms with van der Waals surface area (Å²) in [4.78, 5) is 24.6. The highest BCUT2D eigenvalue weighted by atomic mass is 16.5. The highest BCUT2D eigenvalue weighted by Gasteiger charge is 2.15. The molecule has 2 aromatic carbocycles. The minimum absolute atomic E-state index is 0.137. The lowest BCUT2D eigenvalue weighted by Crippen LogP contribution is -2.16. The van der Waals surface area contributed by atoms with E-state index in [1.165, 1.54) is 0 Å². The van der Waals surface area contributed by atoms with Crippen LogP contribution in [-0.4, -0.2) is 36.4 Å².